The quantitative estimate of drug-likeness (QED) is 0.186. The van der Waals surface area contributed by atoms with E-state index in [1.54, 1.807) is 12.1 Å². The molecule has 15 heteroatoms. The van der Waals surface area contributed by atoms with E-state index >= 15 is 0 Å². The standard InChI is InChI=1S/C37H48O15/c1-18(39)49-24-13-25(46-6)37(43)27-23-14-35(51-19(2)40)26(47-7)15-36(52-20(3)41,29(27)30(48-8)31(37)34(24,16-38)17-44-4)28(23)32(35)50-33(42)21-9-11-22(45-5)12-10-21/h9-12,16,23-32,43H,13-15,17H2,1-8H3/t23?,24-,25+,26+,27+,28?,29-,30+,31?,32-,34+,35+,36-,37+/m1/s1. The summed E-state index contributed by atoms with van der Waals surface area (Å²) in [4.78, 5) is 66.1. The largest absolute Gasteiger partial charge is 0.497 e. The van der Waals surface area contributed by atoms with E-state index in [4.69, 9.17) is 42.6 Å². The Bertz CT molecular complexity index is 1580. The van der Waals surface area contributed by atoms with Gasteiger partial charge in [-0.2, -0.15) is 0 Å². The van der Waals surface area contributed by atoms with Crippen LogP contribution in [0.15, 0.2) is 24.3 Å². The molecule has 5 fully saturated rings. The predicted octanol–water partition coefficient (Wildman–Crippen LogP) is 1.68. The highest BCUT2D eigenvalue weighted by Gasteiger charge is 2.88. The Balaban J connectivity index is 1.58. The van der Waals surface area contributed by atoms with Crippen LogP contribution in [0.1, 0.15) is 50.4 Å². The molecular weight excluding hydrogens is 684 g/mol. The molecule has 0 aliphatic heterocycles. The number of fused-ring (bicyclic) bond motifs is 6. The zero-order valence-electron chi connectivity index (χ0n) is 30.7. The van der Waals surface area contributed by atoms with Crippen LogP contribution in [-0.2, 0) is 57.1 Å². The Kier molecular flexibility index (Phi) is 10.0. The van der Waals surface area contributed by atoms with Crippen LogP contribution < -0.4 is 4.74 Å². The predicted molar refractivity (Wildman–Crippen MR) is 176 cm³/mol. The van der Waals surface area contributed by atoms with Gasteiger partial charge in [-0.25, -0.2) is 4.79 Å². The summed E-state index contributed by atoms with van der Waals surface area (Å²) in [6.07, 6.45) is -4.70. The maximum Gasteiger partial charge on any atom is 0.338 e. The van der Waals surface area contributed by atoms with E-state index in [9.17, 15) is 29.1 Å². The highest BCUT2D eigenvalue weighted by molar-refractivity contribution is 5.90. The normalized spacial score (nSPS) is 42.4. The Morgan fingerprint density at radius 3 is 1.92 bits per heavy atom. The second-order valence-electron chi connectivity index (χ2n) is 14.8. The molecule has 0 heterocycles. The van der Waals surface area contributed by atoms with Crippen molar-refractivity contribution >= 4 is 30.2 Å². The van der Waals surface area contributed by atoms with Gasteiger partial charge in [0.15, 0.2) is 11.7 Å². The summed E-state index contributed by atoms with van der Waals surface area (Å²) in [6.45, 7) is 3.49. The molecule has 14 atom stereocenters. The highest BCUT2D eigenvalue weighted by atomic mass is 16.6. The van der Waals surface area contributed by atoms with E-state index in [-0.39, 0.29) is 31.4 Å². The maximum absolute atomic E-state index is 14.0. The van der Waals surface area contributed by atoms with Gasteiger partial charge in [-0.15, -0.1) is 0 Å². The van der Waals surface area contributed by atoms with Crippen molar-refractivity contribution in [1.82, 2.24) is 0 Å². The number of ether oxygens (including phenoxy) is 9. The van der Waals surface area contributed by atoms with Crippen molar-refractivity contribution in [1.29, 1.82) is 0 Å². The summed E-state index contributed by atoms with van der Waals surface area (Å²) < 4.78 is 54.0. The molecule has 0 spiro atoms. The van der Waals surface area contributed by atoms with Crippen LogP contribution in [0, 0.1) is 35.0 Å². The van der Waals surface area contributed by atoms with Gasteiger partial charge in [-0.05, 0) is 36.6 Å². The highest BCUT2D eigenvalue weighted by Crippen LogP contribution is 2.76. The first-order valence-electron chi connectivity index (χ1n) is 17.4. The summed E-state index contributed by atoms with van der Waals surface area (Å²) in [5.74, 6) is -6.45. The molecule has 286 valence electrons. The molecule has 6 rings (SSSR count). The molecule has 1 aromatic rings. The molecule has 1 aromatic carbocycles. The molecule has 2 bridgehead atoms. The van der Waals surface area contributed by atoms with Gasteiger partial charge in [-0.1, -0.05) is 0 Å². The van der Waals surface area contributed by atoms with Gasteiger partial charge in [0.05, 0.1) is 36.9 Å². The van der Waals surface area contributed by atoms with Crippen LogP contribution >= 0.6 is 0 Å². The number of methoxy groups -OCH3 is 5. The molecule has 15 nitrogen and oxygen atoms in total. The Morgan fingerprint density at radius 1 is 0.769 bits per heavy atom. The summed E-state index contributed by atoms with van der Waals surface area (Å²) in [5, 5.41) is 13.4. The van der Waals surface area contributed by atoms with Gasteiger partial charge in [0.2, 0.25) is 0 Å². The fourth-order valence-electron chi connectivity index (χ4n) is 11.5. The van der Waals surface area contributed by atoms with E-state index < -0.39 is 106 Å². The maximum atomic E-state index is 14.0. The number of hydrogen-bond acceptors (Lipinski definition) is 15. The summed E-state index contributed by atoms with van der Waals surface area (Å²) >= 11 is 0. The minimum atomic E-state index is -1.89. The first-order chi connectivity index (χ1) is 24.7. The number of aldehydes is 1. The van der Waals surface area contributed by atoms with Gasteiger partial charge >= 0.3 is 23.9 Å². The molecule has 5 aliphatic carbocycles. The number of carbonyl (C=O) groups is 5. The molecule has 0 radical (unpaired) electrons. The SMILES string of the molecule is COC[C@]1(C=O)C2[C@@H](OC)[C@H]3[C@H](C4C[C@]5(OC(C)=O)[C@@H](OC)C[C@@]3(OC(C)=O)C4[C@H]5OC(=O)c3ccc(OC)cc3)[C@@]2(O)[C@@H](OC)C[C@H]1OC(C)=O. The van der Waals surface area contributed by atoms with Crippen molar-refractivity contribution in [3.63, 3.8) is 0 Å². The average molecular weight is 733 g/mol. The first-order valence-corrected chi connectivity index (χ1v) is 17.4. The Hall–Kier alpha value is -3.63. The van der Waals surface area contributed by atoms with Crippen LogP contribution in [0.2, 0.25) is 0 Å². The van der Waals surface area contributed by atoms with Crippen LogP contribution in [0.25, 0.3) is 0 Å². The third-order valence-electron chi connectivity index (χ3n) is 12.7. The molecular formula is C37H48O15. The molecule has 1 N–H and O–H groups in total. The van der Waals surface area contributed by atoms with Crippen molar-refractivity contribution < 1.29 is 71.7 Å². The molecule has 52 heavy (non-hydrogen) atoms. The lowest BCUT2D eigenvalue weighted by atomic mass is 9.55. The van der Waals surface area contributed by atoms with Crippen LogP contribution in [0.5, 0.6) is 5.75 Å². The third kappa shape index (κ3) is 5.21. The topological polar surface area (TPSA) is 189 Å². The van der Waals surface area contributed by atoms with E-state index in [2.05, 4.69) is 0 Å². The number of carbonyl (C=O) groups excluding carboxylic acids is 5. The van der Waals surface area contributed by atoms with Crippen LogP contribution in [0.3, 0.4) is 0 Å². The second-order valence-corrected chi connectivity index (χ2v) is 14.8. The summed E-state index contributed by atoms with van der Waals surface area (Å²) in [5.41, 5.74) is -6.43. The van der Waals surface area contributed by atoms with Crippen LogP contribution in [0.4, 0.5) is 0 Å². The lowest BCUT2D eigenvalue weighted by molar-refractivity contribution is -0.257. The van der Waals surface area contributed by atoms with Gasteiger partial charge in [0.1, 0.15) is 35.4 Å². The molecule has 0 saturated heterocycles. The van der Waals surface area contributed by atoms with E-state index in [1.165, 1.54) is 68.5 Å². The first kappa shape index (κ1) is 38.1. The van der Waals surface area contributed by atoms with Gasteiger partial charge in [0.25, 0.3) is 0 Å². The fraction of sp³-hybridized carbons (Fsp3) is 0.703. The van der Waals surface area contributed by atoms with Crippen molar-refractivity contribution in [3.05, 3.63) is 29.8 Å². The lowest BCUT2D eigenvalue weighted by Crippen LogP contribution is -2.69. The number of benzene rings is 1. The molecule has 0 amide bonds. The van der Waals surface area contributed by atoms with Crippen molar-refractivity contribution in [2.45, 2.75) is 87.4 Å². The number of rotatable bonds is 12. The summed E-state index contributed by atoms with van der Waals surface area (Å²) in [7, 11) is 7.18. The van der Waals surface area contributed by atoms with Gasteiger partial charge in [-0.3, -0.25) is 14.4 Å². The lowest BCUT2D eigenvalue weighted by Gasteiger charge is -2.56. The van der Waals surface area contributed by atoms with E-state index in [0.29, 0.717) is 12.0 Å². The van der Waals surface area contributed by atoms with Crippen LogP contribution in [-0.4, -0.2) is 125 Å². The Morgan fingerprint density at radius 2 is 1.40 bits per heavy atom. The van der Waals surface area contributed by atoms with Gasteiger partial charge < -0.3 is 52.5 Å². The van der Waals surface area contributed by atoms with Crippen molar-refractivity contribution in [2.75, 3.05) is 42.2 Å². The monoisotopic (exact) mass is 732 g/mol. The average Bonchev–Trinajstić information content (AvgIpc) is 3.63. The summed E-state index contributed by atoms with van der Waals surface area (Å²) in [6, 6.07) is 6.29. The number of hydrogen-bond donors (Lipinski definition) is 1. The van der Waals surface area contributed by atoms with E-state index in [1.807, 2.05) is 0 Å². The van der Waals surface area contributed by atoms with Crippen molar-refractivity contribution in [3.8, 4) is 5.75 Å². The molecule has 0 aromatic heterocycles. The minimum absolute atomic E-state index is 0.0265. The molecule has 3 unspecified atom stereocenters. The smallest absolute Gasteiger partial charge is 0.338 e. The van der Waals surface area contributed by atoms with Crippen molar-refractivity contribution in [2.24, 2.45) is 35.0 Å². The third-order valence-corrected chi connectivity index (χ3v) is 12.7. The Labute approximate surface area is 301 Å². The fourth-order valence-corrected chi connectivity index (χ4v) is 11.5. The van der Waals surface area contributed by atoms with Gasteiger partial charge in [0, 0.05) is 85.7 Å². The number of esters is 4. The minimum Gasteiger partial charge on any atom is -0.497 e. The van der Waals surface area contributed by atoms with E-state index in [0.717, 1.165) is 0 Å². The molecule has 5 saturated carbocycles. The number of aliphatic hydroxyl groups is 1. The zero-order valence-corrected chi connectivity index (χ0v) is 30.7. The molecule has 5 aliphatic rings. The second kappa shape index (κ2) is 13.7. The zero-order chi connectivity index (χ0) is 38.0.